The predicted molar refractivity (Wildman–Crippen MR) is 109 cm³/mol. The Morgan fingerprint density at radius 2 is 1.76 bits per heavy atom. The molecule has 0 saturated carbocycles. The van der Waals surface area contributed by atoms with Crippen molar-refractivity contribution >= 4 is 27.3 Å². The molecule has 3 rings (SSSR count). The maximum atomic E-state index is 13.9. The molecule has 1 amide bonds. The van der Waals surface area contributed by atoms with Crippen molar-refractivity contribution in [2.75, 3.05) is 17.1 Å². The van der Waals surface area contributed by atoms with Crippen LogP contribution >= 0.6 is 0 Å². The van der Waals surface area contributed by atoms with Crippen molar-refractivity contribution in [1.82, 2.24) is 0 Å². The number of amides is 1. The Morgan fingerprint density at radius 1 is 1.00 bits per heavy atom. The Morgan fingerprint density at radius 3 is 2.45 bits per heavy atom. The van der Waals surface area contributed by atoms with Gasteiger partial charge in [0.15, 0.2) is 0 Å². The number of carbonyl (C=O) groups is 1. The topological polar surface area (TPSA) is 84.5 Å². The van der Waals surface area contributed by atoms with Gasteiger partial charge in [-0.05, 0) is 55.0 Å². The van der Waals surface area contributed by atoms with E-state index in [2.05, 4.69) is 10.0 Å². The zero-order valence-corrected chi connectivity index (χ0v) is 16.6. The first-order valence-electron chi connectivity index (χ1n) is 8.63. The van der Waals surface area contributed by atoms with Crippen LogP contribution < -0.4 is 14.8 Å². The van der Waals surface area contributed by atoms with Crippen molar-refractivity contribution in [2.45, 2.75) is 11.8 Å². The average Bonchev–Trinajstić information content (AvgIpc) is 2.68. The van der Waals surface area contributed by atoms with E-state index in [1.54, 1.807) is 18.2 Å². The Bertz CT molecular complexity index is 1160. The lowest BCUT2D eigenvalue weighted by atomic mass is 10.2. The summed E-state index contributed by atoms with van der Waals surface area (Å²) in [5.41, 5.74) is 1.25. The molecule has 0 fully saturated rings. The summed E-state index contributed by atoms with van der Waals surface area (Å²) < 4.78 is 47.1. The monoisotopic (exact) mass is 414 g/mol. The Kier molecular flexibility index (Phi) is 5.84. The zero-order valence-electron chi connectivity index (χ0n) is 15.8. The minimum atomic E-state index is -3.92. The van der Waals surface area contributed by atoms with Crippen LogP contribution in [0.15, 0.2) is 71.6 Å². The summed E-state index contributed by atoms with van der Waals surface area (Å²) in [4.78, 5) is 12.3. The summed E-state index contributed by atoms with van der Waals surface area (Å²) in [7, 11) is -2.53. The van der Waals surface area contributed by atoms with Crippen LogP contribution in [0.3, 0.4) is 0 Å². The highest BCUT2D eigenvalue weighted by molar-refractivity contribution is 7.92. The first kappa shape index (κ1) is 20.3. The van der Waals surface area contributed by atoms with E-state index in [4.69, 9.17) is 4.74 Å². The number of methoxy groups -OCH3 is 1. The van der Waals surface area contributed by atoms with Gasteiger partial charge in [0.1, 0.15) is 11.6 Å². The molecule has 29 heavy (non-hydrogen) atoms. The Hall–Kier alpha value is -3.39. The van der Waals surface area contributed by atoms with Crippen molar-refractivity contribution in [1.29, 1.82) is 0 Å². The van der Waals surface area contributed by atoms with E-state index in [0.717, 1.165) is 5.56 Å². The molecule has 0 aromatic heterocycles. The van der Waals surface area contributed by atoms with Gasteiger partial charge in [-0.1, -0.05) is 24.3 Å². The van der Waals surface area contributed by atoms with E-state index in [0.29, 0.717) is 5.69 Å². The number of rotatable bonds is 6. The normalized spacial score (nSPS) is 11.0. The highest BCUT2D eigenvalue weighted by Gasteiger charge is 2.19. The fourth-order valence-electron chi connectivity index (χ4n) is 2.71. The summed E-state index contributed by atoms with van der Waals surface area (Å²) in [6.45, 7) is 1.85. The number of carbonyl (C=O) groups excluding carboxylic acids is 1. The summed E-state index contributed by atoms with van der Waals surface area (Å²) in [6, 6.07) is 16.4. The van der Waals surface area contributed by atoms with Crippen molar-refractivity contribution in [3.63, 3.8) is 0 Å². The van der Waals surface area contributed by atoms with E-state index in [9.17, 15) is 17.6 Å². The zero-order chi connectivity index (χ0) is 21.0. The molecule has 0 unspecified atom stereocenters. The number of hydrogen-bond donors (Lipinski definition) is 2. The van der Waals surface area contributed by atoms with Crippen LogP contribution in [0.1, 0.15) is 15.9 Å². The second kappa shape index (κ2) is 8.32. The Balaban J connectivity index is 1.92. The van der Waals surface area contributed by atoms with Crippen LogP contribution in [-0.4, -0.2) is 21.4 Å². The van der Waals surface area contributed by atoms with Crippen LogP contribution in [0.2, 0.25) is 0 Å². The van der Waals surface area contributed by atoms with Crippen molar-refractivity contribution in [3.05, 3.63) is 83.7 Å². The molecule has 0 saturated heterocycles. The maximum absolute atomic E-state index is 13.9. The smallest absolute Gasteiger partial charge is 0.261 e. The van der Waals surface area contributed by atoms with Crippen LogP contribution in [-0.2, 0) is 10.0 Å². The molecule has 3 aromatic rings. The van der Waals surface area contributed by atoms with Gasteiger partial charge >= 0.3 is 0 Å². The minimum Gasteiger partial charge on any atom is -0.495 e. The SMILES string of the molecule is COc1ccc(S(=O)(=O)Nc2cccc(C)c2)cc1NC(=O)c1ccccc1F. The maximum Gasteiger partial charge on any atom is 0.261 e. The van der Waals surface area contributed by atoms with E-state index in [1.165, 1.54) is 49.6 Å². The van der Waals surface area contributed by atoms with Gasteiger partial charge in [0.05, 0.1) is 23.3 Å². The number of aryl methyl sites for hydroxylation is 1. The van der Waals surface area contributed by atoms with Gasteiger partial charge in [0, 0.05) is 5.69 Å². The number of ether oxygens (including phenoxy) is 1. The molecule has 0 atom stereocenters. The lowest BCUT2D eigenvalue weighted by Gasteiger charge is -2.14. The van der Waals surface area contributed by atoms with Crippen LogP contribution in [0.5, 0.6) is 5.75 Å². The molecular weight excluding hydrogens is 395 g/mol. The molecule has 0 heterocycles. The average molecular weight is 414 g/mol. The summed E-state index contributed by atoms with van der Waals surface area (Å²) >= 11 is 0. The lowest BCUT2D eigenvalue weighted by molar-refractivity contribution is 0.102. The summed E-state index contributed by atoms with van der Waals surface area (Å²) in [5.74, 6) is -1.17. The molecule has 3 aromatic carbocycles. The van der Waals surface area contributed by atoms with E-state index in [1.807, 2.05) is 13.0 Å². The quantitative estimate of drug-likeness (QED) is 0.633. The molecule has 0 aliphatic carbocycles. The van der Waals surface area contributed by atoms with E-state index >= 15 is 0 Å². The third kappa shape index (κ3) is 4.72. The summed E-state index contributed by atoms with van der Waals surface area (Å²) in [5, 5.41) is 2.51. The van der Waals surface area contributed by atoms with Crippen LogP contribution in [0.4, 0.5) is 15.8 Å². The third-order valence-corrected chi connectivity index (χ3v) is 5.50. The third-order valence-electron chi connectivity index (χ3n) is 4.12. The van der Waals surface area contributed by atoms with Crippen LogP contribution in [0.25, 0.3) is 0 Å². The fourth-order valence-corrected chi connectivity index (χ4v) is 3.78. The second-order valence-corrected chi connectivity index (χ2v) is 7.95. The number of hydrogen-bond acceptors (Lipinski definition) is 4. The number of benzene rings is 3. The predicted octanol–water partition coefficient (Wildman–Crippen LogP) is 4.20. The fraction of sp³-hybridized carbons (Fsp3) is 0.0952. The Labute approximate surface area is 168 Å². The number of halogens is 1. The van der Waals surface area contributed by atoms with Crippen LogP contribution in [0, 0.1) is 12.7 Å². The van der Waals surface area contributed by atoms with Crippen molar-refractivity contribution in [3.8, 4) is 5.75 Å². The lowest BCUT2D eigenvalue weighted by Crippen LogP contribution is -2.16. The van der Waals surface area contributed by atoms with Gasteiger partial charge < -0.3 is 10.1 Å². The van der Waals surface area contributed by atoms with Gasteiger partial charge in [-0.15, -0.1) is 0 Å². The van der Waals surface area contributed by atoms with Crippen molar-refractivity contribution < 1.29 is 22.3 Å². The molecule has 0 aliphatic rings. The van der Waals surface area contributed by atoms with Gasteiger partial charge in [-0.25, -0.2) is 12.8 Å². The molecule has 6 nitrogen and oxygen atoms in total. The van der Waals surface area contributed by atoms with Gasteiger partial charge in [-0.3, -0.25) is 9.52 Å². The molecule has 0 spiro atoms. The largest absolute Gasteiger partial charge is 0.495 e. The molecule has 150 valence electrons. The first-order valence-corrected chi connectivity index (χ1v) is 10.1. The molecular formula is C21H19FN2O4S. The molecule has 0 aliphatic heterocycles. The summed E-state index contributed by atoms with van der Waals surface area (Å²) in [6.07, 6.45) is 0. The molecule has 8 heteroatoms. The molecule has 2 N–H and O–H groups in total. The van der Waals surface area contributed by atoms with Gasteiger partial charge in [-0.2, -0.15) is 0 Å². The van der Waals surface area contributed by atoms with Gasteiger partial charge in [0.2, 0.25) is 0 Å². The second-order valence-electron chi connectivity index (χ2n) is 6.27. The number of anilines is 2. The molecule has 0 bridgehead atoms. The van der Waals surface area contributed by atoms with E-state index < -0.39 is 21.7 Å². The highest BCUT2D eigenvalue weighted by atomic mass is 32.2. The standard InChI is InChI=1S/C21H19FN2O4S/c1-14-6-5-7-15(12-14)24-29(26,27)16-10-11-20(28-2)19(13-16)23-21(25)17-8-3-4-9-18(17)22/h3-13,24H,1-2H3,(H,23,25). The first-order chi connectivity index (χ1) is 13.8. The minimum absolute atomic E-state index is 0.0800. The number of nitrogens with one attached hydrogen (secondary N) is 2. The number of sulfonamides is 1. The van der Waals surface area contributed by atoms with Crippen molar-refractivity contribution in [2.24, 2.45) is 0 Å². The van der Waals surface area contributed by atoms with Gasteiger partial charge in [0.25, 0.3) is 15.9 Å². The molecule has 0 radical (unpaired) electrons. The highest BCUT2D eigenvalue weighted by Crippen LogP contribution is 2.29. The van der Waals surface area contributed by atoms with E-state index in [-0.39, 0.29) is 21.9 Å².